The molecule has 114 valence electrons. The Hall–Kier alpha value is -1.92. The van der Waals surface area contributed by atoms with Crippen LogP contribution in [-0.2, 0) is 23.2 Å². The zero-order valence-electron chi connectivity index (χ0n) is 12.7. The summed E-state index contributed by atoms with van der Waals surface area (Å²) < 4.78 is 1.60. The molecule has 0 radical (unpaired) electrons. The lowest BCUT2D eigenvalue weighted by molar-refractivity contribution is -0.158. The summed E-state index contributed by atoms with van der Waals surface area (Å²) in [5.74, 6) is 0.240. The number of aryl methyl sites for hydroxylation is 1. The minimum Gasteiger partial charge on any atom is -0.342 e. The van der Waals surface area contributed by atoms with Gasteiger partial charge in [-0.15, -0.1) is 5.10 Å². The van der Waals surface area contributed by atoms with Gasteiger partial charge in [0.1, 0.15) is 17.3 Å². The van der Waals surface area contributed by atoms with Crippen LogP contribution >= 0.6 is 0 Å². The zero-order valence-corrected chi connectivity index (χ0v) is 12.7. The van der Waals surface area contributed by atoms with Gasteiger partial charge in [-0.3, -0.25) is 14.3 Å². The standard InChI is InChI=1S/C14H21N5O2/c1-4-14(2)13(21)15-11(9-5-6-9)12(20)19(14)8-10-7-18(3)17-16-10/h7,9,11H,4-6,8H2,1-3H3,(H,15,21). The number of carbonyl (C=O) groups is 2. The molecule has 2 aliphatic rings. The van der Waals surface area contributed by atoms with Gasteiger partial charge in [-0.05, 0) is 32.1 Å². The summed E-state index contributed by atoms with van der Waals surface area (Å²) in [6.07, 6.45) is 4.38. The van der Waals surface area contributed by atoms with E-state index in [1.165, 1.54) is 0 Å². The van der Waals surface area contributed by atoms with Crippen molar-refractivity contribution in [3.05, 3.63) is 11.9 Å². The highest BCUT2D eigenvalue weighted by Gasteiger charge is 2.52. The molecule has 0 spiro atoms. The molecule has 1 aromatic rings. The van der Waals surface area contributed by atoms with Crippen LogP contribution in [0.4, 0.5) is 0 Å². The van der Waals surface area contributed by atoms with Gasteiger partial charge in [0.15, 0.2) is 0 Å². The van der Waals surface area contributed by atoms with Gasteiger partial charge in [0.2, 0.25) is 11.8 Å². The second kappa shape index (κ2) is 4.82. The van der Waals surface area contributed by atoms with E-state index >= 15 is 0 Å². The molecular formula is C14H21N5O2. The molecule has 7 heteroatoms. The third-order valence-corrected chi connectivity index (χ3v) is 4.66. The Morgan fingerprint density at radius 2 is 2.14 bits per heavy atom. The van der Waals surface area contributed by atoms with Crippen LogP contribution in [0.1, 0.15) is 38.8 Å². The van der Waals surface area contributed by atoms with E-state index < -0.39 is 5.54 Å². The largest absolute Gasteiger partial charge is 0.342 e. The zero-order chi connectivity index (χ0) is 15.2. The Morgan fingerprint density at radius 1 is 1.43 bits per heavy atom. The summed E-state index contributed by atoms with van der Waals surface area (Å²) in [6, 6.07) is -0.367. The highest BCUT2D eigenvalue weighted by atomic mass is 16.2. The number of nitrogens with zero attached hydrogens (tertiary/aromatic N) is 4. The lowest BCUT2D eigenvalue weighted by atomic mass is 9.89. The lowest BCUT2D eigenvalue weighted by Crippen LogP contribution is -2.69. The quantitative estimate of drug-likeness (QED) is 0.860. The molecule has 0 aromatic carbocycles. The number of hydrogen-bond donors (Lipinski definition) is 1. The lowest BCUT2D eigenvalue weighted by Gasteiger charge is -2.45. The van der Waals surface area contributed by atoms with Gasteiger partial charge in [-0.2, -0.15) is 0 Å². The molecule has 2 heterocycles. The predicted molar refractivity (Wildman–Crippen MR) is 74.9 cm³/mol. The Balaban J connectivity index is 1.90. The van der Waals surface area contributed by atoms with E-state index in [1.54, 1.807) is 22.8 Å². The Kier molecular flexibility index (Phi) is 3.22. The van der Waals surface area contributed by atoms with Crippen molar-refractivity contribution in [2.75, 3.05) is 0 Å². The van der Waals surface area contributed by atoms with Crippen LogP contribution in [-0.4, -0.2) is 43.3 Å². The van der Waals surface area contributed by atoms with Crippen molar-refractivity contribution in [3.8, 4) is 0 Å². The topological polar surface area (TPSA) is 80.1 Å². The summed E-state index contributed by atoms with van der Waals surface area (Å²) in [4.78, 5) is 27.0. The van der Waals surface area contributed by atoms with Gasteiger partial charge in [-0.25, -0.2) is 0 Å². The number of rotatable bonds is 4. The normalized spacial score (nSPS) is 29.7. The number of amides is 2. The van der Waals surface area contributed by atoms with Gasteiger partial charge in [-0.1, -0.05) is 12.1 Å². The monoisotopic (exact) mass is 291 g/mol. The van der Waals surface area contributed by atoms with Crippen LogP contribution in [0.5, 0.6) is 0 Å². The third kappa shape index (κ3) is 2.30. The second-order valence-corrected chi connectivity index (χ2v) is 6.22. The van der Waals surface area contributed by atoms with Crippen molar-refractivity contribution in [1.82, 2.24) is 25.2 Å². The first kappa shape index (κ1) is 14.0. The van der Waals surface area contributed by atoms with E-state index in [9.17, 15) is 9.59 Å². The fourth-order valence-corrected chi connectivity index (χ4v) is 2.87. The van der Waals surface area contributed by atoms with E-state index in [2.05, 4.69) is 15.6 Å². The Morgan fingerprint density at radius 3 is 2.67 bits per heavy atom. The Bertz CT molecular complexity index is 580. The fourth-order valence-electron chi connectivity index (χ4n) is 2.87. The number of nitrogens with one attached hydrogen (secondary N) is 1. The number of aromatic nitrogens is 3. The van der Waals surface area contributed by atoms with Crippen molar-refractivity contribution >= 4 is 11.8 Å². The maximum atomic E-state index is 12.8. The molecule has 1 N–H and O–H groups in total. The third-order valence-electron chi connectivity index (χ3n) is 4.66. The van der Waals surface area contributed by atoms with E-state index in [4.69, 9.17) is 0 Å². The van der Waals surface area contributed by atoms with E-state index in [-0.39, 0.29) is 17.9 Å². The number of piperazine rings is 1. The highest BCUT2D eigenvalue weighted by Crippen LogP contribution is 2.37. The average Bonchev–Trinajstić information content (AvgIpc) is 3.22. The van der Waals surface area contributed by atoms with Gasteiger partial charge < -0.3 is 10.2 Å². The maximum Gasteiger partial charge on any atom is 0.246 e. The second-order valence-electron chi connectivity index (χ2n) is 6.22. The van der Waals surface area contributed by atoms with Gasteiger partial charge in [0.05, 0.1) is 6.54 Å². The van der Waals surface area contributed by atoms with E-state index in [0.29, 0.717) is 24.6 Å². The molecule has 1 aliphatic carbocycles. The van der Waals surface area contributed by atoms with Crippen molar-refractivity contribution < 1.29 is 9.59 Å². The number of carbonyl (C=O) groups excluding carboxylic acids is 2. The molecule has 7 nitrogen and oxygen atoms in total. The summed E-state index contributed by atoms with van der Waals surface area (Å²) in [5.41, 5.74) is -0.116. The van der Waals surface area contributed by atoms with Crippen LogP contribution in [0, 0.1) is 5.92 Å². The van der Waals surface area contributed by atoms with Crippen LogP contribution in [0.2, 0.25) is 0 Å². The van der Waals surface area contributed by atoms with Crippen LogP contribution in [0.25, 0.3) is 0 Å². The molecule has 2 amide bonds. The summed E-state index contributed by atoms with van der Waals surface area (Å²) in [7, 11) is 1.78. The molecule has 1 aliphatic heterocycles. The van der Waals surface area contributed by atoms with Crippen LogP contribution < -0.4 is 5.32 Å². The molecule has 1 saturated carbocycles. The molecular weight excluding hydrogens is 270 g/mol. The van der Waals surface area contributed by atoms with Gasteiger partial charge in [0, 0.05) is 13.2 Å². The smallest absolute Gasteiger partial charge is 0.246 e. The first-order valence-corrected chi connectivity index (χ1v) is 7.43. The van der Waals surface area contributed by atoms with E-state index in [0.717, 1.165) is 12.8 Å². The van der Waals surface area contributed by atoms with Crippen molar-refractivity contribution in [2.24, 2.45) is 13.0 Å². The van der Waals surface area contributed by atoms with Crippen molar-refractivity contribution in [1.29, 1.82) is 0 Å². The summed E-state index contributed by atoms with van der Waals surface area (Å²) in [5, 5.41) is 10.9. The highest BCUT2D eigenvalue weighted by molar-refractivity contribution is 5.99. The number of hydrogen-bond acceptors (Lipinski definition) is 4. The van der Waals surface area contributed by atoms with Crippen molar-refractivity contribution in [2.45, 2.75) is 51.2 Å². The minimum absolute atomic E-state index is 0.00658. The summed E-state index contributed by atoms with van der Waals surface area (Å²) >= 11 is 0. The molecule has 2 atom stereocenters. The fraction of sp³-hybridized carbons (Fsp3) is 0.714. The molecule has 0 bridgehead atoms. The molecule has 21 heavy (non-hydrogen) atoms. The first-order valence-electron chi connectivity index (χ1n) is 7.43. The SMILES string of the molecule is CCC1(C)C(=O)NC(C2CC2)C(=O)N1Cc1cn(C)nn1. The van der Waals surface area contributed by atoms with Crippen LogP contribution in [0.15, 0.2) is 6.20 Å². The first-order chi connectivity index (χ1) is 9.95. The minimum atomic E-state index is -0.819. The van der Waals surface area contributed by atoms with Crippen molar-refractivity contribution in [3.63, 3.8) is 0 Å². The molecule has 3 rings (SSSR count). The molecule has 1 aromatic heterocycles. The van der Waals surface area contributed by atoms with E-state index in [1.807, 2.05) is 13.8 Å². The van der Waals surface area contributed by atoms with Gasteiger partial charge >= 0.3 is 0 Å². The predicted octanol–water partition coefficient (Wildman–Crippen LogP) is 0.221. The Labute approximate surface area is 123 Å². The average molecular weight is 291 g/mol. The maximum absolute atomic E-state index is 12.8. The molecule has 2 fully saturated rings. The summed E-state index contributed by atoms with van der Waals surface area (Å²) in [6.45, 7) is 4.07. The molecule has 2 unspecified atom stereocenters. The van der Waals surface area contributed by atoms with Crippen LogP contribution in [0.3, 0.4) is 0 Å². The van der Waals surface area contributed by atoms with Gasteiger partial charge in [0.25, 0.3) is 0 Å². The molecule has 1 saturated heterocycles.